The molecule has 3 heterocycles. The minimum absolute atomic E-state index is 0.0602. The van der Waals surface area contributed by atoms with Crippen LogP contribution in [0.15, 0.2) is 41.6 Å². The van der Waals surface area contributed by atoms with Gasteiger partial charge in [-0.25, -0.2) is 4.98 Å². The van der Waals surface area contributed by atoms with E-state index in [1.165, 1.54) is 11.3 Å². The van der Waals surface area contributed by atoms with Crippen LogP contribution < -0.4 is 0 Å². The number of carbonyl (C=O) groups is 2. The van der Waals surface area contributed by atoms with Crippen molar-refractivity contribution in [3.63, 3.8) is 0 Å². The van der Waals surface area contributed by atoms with Gasteiger partial charge in [0.25, 0.3) is 0 Å². The standard InChI is InChI=1S/C20H20N2O3S2/c1-4-7-22-13(2)9-16(14(22)3)17(23)11-25-19(24)10-15-12-27-20(21-15)18-6-5-8-26-18/h4-6,8-9,12H,1,7,10-11H2,2-3H3. The fraction of sp³-hybridized carbons (Fsp3) is 0.250. The highest BCUT2D eigenvalue weighted by atomic mass is 32.1. The molecule has 0 aromatic carbocycles. The van der Waals surface area contributed by atoms with Crippen molar-refractivity contribution in [2.45, 2.75) is 26.8 Å². The minimum atomic E-state index is -0.453. The molecule has 0 radical (unpaired) electrons. The first-order valence-electron chi connectivity index (χ1n) is 8.44. The minimum Gasteiger partial charge on any atom is -0.457 e. The van der Waals surface area contributed by atoms with Crippen molar-refractivity contribution in [1.82, 2.24) is 9.55 Å². The third-order valence-electron chi connectivity index (χ3n) is 4.16. The normalized spacial score (nSPS) is 10.7. The number of nitrogens with zero attached hydrogens (tertiary/aromatic N) is 2. The molecule has 0 fully saturated rings. The number of ketones is 1. The van der Waals surface area contributed by atoms with E-state index in [-0.39, 0.29) is 18.8 Å². The first-order chi connectivity index (χ1) is 13.0. The first-order valence-corrected chi connectivity index (χ1v) is 10.2. The third kappa shape index (κ3) is 4.43. The summed E-state index contributed by atoms with van der Waals surface area (Å²) in [6, 6.07) is 5.78. The second-order valence-electron chi connectivity index (χ2n) is 6.07. The molecule has 0 saturated heterocycles. The Labute approximate surface area is 165 Å². The number of aromatic nitrogens is 2. The summed E-state index contributed by atoms with van der Waals surface area (Å²) >= 11 is 3.10. The van der Waals surface area contributed by atoms with Crippen LogP contribution in [0.1, 0.15) is 27.4 Å². The van der Waals surface area contributed by atoms with Crippen molar-refractivity contribution >= 4 is 34.4 Å². The Hall–Kier alpha value is -2.51. The van der Waals surface area contributed by atoms with Crippen LogP contribution in [-0.4, -0.2) is 27.9 Å². The third-order valence-corrected chi connectivity index (χ3v) is 6.09. The van der Waals surface area contributed by atoms with Crippen LogP contribution in [0, 0.1) is 13.8 Å². The van der Waals surface area contributed by atoms with E-state index in [9.17, 15) is 9.59 Å². The van der Waals surface area contributed by atoms with Crippen LogP contribution >= 0.6 is 22.7 Å². The maximum absolute atomic E-state index is 12.4. The van der Waals surface area contributed by atoms with E-state index < -0.39 is 5.97 Å². The highest BCUT2D eigenvalue weighted by Gasteiger charge is 2.17. The van der Waals surface area contributed by atoms with Gasteiger partial charge in [0.15, 0.2) is 6.61 Å². The molecule has 7 heteroatoms. The average molecular weight is 401 g/mol. The number of thiophene rings is 1. The summed E-state index contributed by atoms with van der Waals surface area (Å²) < 4.78 is 7.18. The largest absolute Gasteiger partial charge is 0.457 e. The first kappa shape index (κ1) is 19.3. The molecule has 3 rings (SSSR count). The van der Waals surface area contributed by atoms with Gasteiger partial charge in [-0.15, -0.1) is 29.3 Å². The summed E-state index contributed by atoms with van der Waals surface area (Å²) in [7, 11) is 0. The molecule has 3 aromatic rings. The average Bonchev–Trinajstić information content (AvgIpc) is 3.37. The fourth-order valence-corrected chi connectivity index (χ4v) is 4.45. The van der Waals surface area contributed by atoms with Crippen molar-refractivity contribution in [3.8, 4) is 9.88 Å². The Balaban J connectivity index is 1.57. The summed E-state index contributed by atoms with van der Waals surface area (Å²) in [4.78, 5) is 30.0. The monoisotopic (exact) mass is 400 g/mol. The number of Topliss-reactive ketones (excluding diaryl/α,β-unsaturated/α-hetero) is 1. The van der Waals surface area contributed by atoms with Gasteiger partial charge in [0.05, 0.1) is 17.0 Å². The van der Waals surface area contributed by atoms with Crippen molar-refractivity contribution in [2.24, 2.45) is 0 Å². The van der Waals surface area contributed by atoms with E-state index in [2.05, 4.69) is 11.6 Å². The van der Waals surface area contributed by atoms with E-state index in [4.69, 9.17) is 4.74 Å². The SMILES string of the molecule is C=CCn1c(C)cc(C(=O)COC(=O)Cc2csc(-c3cccs3)n2)c1C. The molecule has 0 aliphatic carbocycles. The zero-order chi connectivity index (χ0) is 19.4. The van der Waals surface area contributed by atoms with Crippen LogP contribution in [0.2, 0.25) is 0 Å². The zero-order valence-electron chi connectivity index (χ0n) is 15.2. The van der Waals surface area contributed by atoms with Gasteiger partial charge in [0.2, 0.25) is 5.78 Å². The lowest BCUT2D eigenvalue weighted by atomic mass is 10.1. The highest BCUT2D eigenvalue weighted by molar-refractivity contribution is 7.20. The molecular formula is C20H20N2O3S2. The van der Waals surface area contributed by atoms with Crippen LogP contribution in [0.25, 0.3) is 9.88 Å². The molecule has 3 aromatic heterocycles. The van der Waals surface area contributed by atoms with Gasteiger partial charge in [0, 0.05) is 28.9 Å². The second-order valence-corrected chi connectivity index (χ2v) is 7.87. The molecule has 0 bridgehead atoms. The van der Waals surface area contributed by atoms with Crippen LogP contribution in [-0.2, 0) is 22.5 Å². The maximum Gasteiger partial charge on any atom is 0.312 e. The summed E-state index contributed by atoms with van der Waals surface area (Å²) in [6.07, 6.45) is 1.84. The molecule has 0 aliphatic rings. The number of thiazole rings is 1. The molecule has 0 amide bonds. The molecule has 0 spiro atoms. The van der Waals surface area contributed by atoms with Gasteiger partial charge in [-0.05, 0) is 31.4 Å². The zero-order valence-corrected chi connectivity index (χ0v) is 16.9. The lowest BCUT2D eigenvalue weighted by Crippen LogP contribution is -2.16. The fourth-order valence-electron chi connectivity index (χ4n) is 2.82. The van der Waals surface area contributed by atoms with E-state index >= 15 is 0 Å². The van der Waals surface area contributed by atoms with Gasteiger partial charge in [-0.2, -0.15) is 0 Å². The molecular weight excluding hydrogens is 380 g/mol. The van der Waals surface area contributed by atoms with Gasteiger partial charge in [-0.1, -0.05) is 12.1 Å². The van der Waals surface area contributed by atoms with Crippen LogP contribution in [0.4, 0.5) is 0 Å². The van der Waals surface area contributed by atoms with Crippen molar-refractivity contribution in [2.75, 3.05) is 6.61 Å². The quantitative estimate of drug-likeness (QED) is 0.318. The highest BCUT2D eigenvalue weighted by Crippen LogP contribution is 2.28. The number of hydrogen-bond acceptors (Lipinski definition) is 6. The van der Waals surface area contributed by atoms with Gasteiger partial charge in [-0.3, -0.25) is 9.59 Å². The van der Waals surface area contributed by atoms with Crippen LogP contribution in [0.3, 0.4) is 0 Å². The number of aryl methyl sites for hydroxylation is 1. The number of ether oxygens (including phenoxy) is 1. The Morgan fingerprint density at radius 1 is 1.33 bits per heavy atom. The Morgan fingerprint density at radius 3 is 2.85 bits per heavy atom. The molecule has 0 unspecified atom stereocenters. The van der Waals surface area contributed by atoms with Crippen LogP contribution in [0.5, 0.6) is 0 Å². The molecule has 5 nitrogen and oxygen atoms in total. The van der Waals surface area contributed by atoms with E-state index in [0.29, 0.717) is 17.8 Å². The van der Waals surface area contributed by atoms with E-state index in [0.717, 1.165) is 21.3 Å². The predicted octanol–water partition coefficient (Wildman–Crippen LogP) is 4.44. The van der Waals surface area contributed by atoms with Gasteiger partial charge >= 0.3 is 5.97 Å². The smallest absolute Gasteiger partial charge is 0.312 e. The van der Waals surface area contributed by atoms with Crippen molar-refractivity contribution in [3.05, 3.63) is 64.3 Å². The number of esters is 1. The molecule has 0 atom stereocenters. The number of carbonyl (C=O) groups excluding carboxylic acids is 2. The summed E-state index contributed by atoms with van der Waals surface area (Å²) in [6.45, 7) is 7.92. The predicted molar refractivity (Wildman–Crippen MR) is 109 cm³/mol. The van der Waals surface area contributed by atoms with Gasteiger partial charge < -0.3 is 9.30 Å². The number of rotatable bonds is 8. The van der Waals surface area contributed by atoms with Crippen molar-refractivity contribution < 1.29 is 14.3 Å². The lowest BCUT2D eigenvalue weighted by molar-refractivity contribution is -0.141. The summed E-state index contributed by atoms with van der Waals surface area (Å²) in [5.74, 6) is -0.657. The maximum atomic E-state index is 12.4. The van der Waals surface area contributed by atoms with Crippen molar-refractivity contribution in [1.29, 1.82) is 0 Å². The Morgan fingerprint density at radius 2 is 2.15 bits per heavy atom. The number of hydrogen-bond donors (Lipinski definition) is 0. The topological polar surface area (TPSA) is 61.2 Å². The number of allylic oxidation sites excluding steroid dienone is 1. The van der Waals surface area contributed by atoms with E-state index in [1.807, 2.05) is 47.4 Å². The second kappa shape index (κ2) is 8.45. The summed E-state index contributed by atoms with van der Waals surface area (Å²) in [5.41, 5.74) is 3.07. The molecule has 0 saturated carbocycles. The lowest BCUT2D eigenvalue weighted by Gasteiger charge is -2.06. The molecule has 0 aliphatic heterocycles. The Bertz CT molecular complexity index is 968. The molecule has 0 N–H and O–H groups in total. The summed E-state index contributed by atoms with van der Waals surface area (Å²) in [5, 5.41) is 4.72. The molecule has 140 valence electrons. The van der Waals surface area contributed by atoms with E-state index in [1.54, 1.807) is 17.4 Å². The molecule has 27 heavy (non-hydrogen) atoms. The Kier molecular flexibility index (Phi) is 6.03. The van der Waals surface area contributed by atoms with Gasteiger partial charge in [0.1, 0.15) is 5.01 Å².